The largest absolute Gasteiger partial charge is 0.433 e. The molecule has 3 nitrogen and oxygen atoms in total. The summed E-state index contributed by atoms with van der Waals surface area (Å²) in [6, 6.07) is 1.81. The van der Waals surface area contributed by atoms with Crippen molar-refractivity contribution in [2.24, 2.45) is 5.73 Å². The van der Waals surface area contributed by atoms with Gasteiger partial charge in [0.25, 0.3) is 0 Å². The van der Waals surface area contributed by atoms with Crippen LogP contribution >= 0.6 is 11.6 Å². The quantitative estimate of drug-likeness (QED) is 0.765. The van der Waals surface area contributed by atoms with Gasteiger partial charge in [0.05, 0.1) is 5.60 Å². The maximum atomic E-state index is 12.4. The lowest BCUT2D eigenvalue weighted by Crippen LogP contribution is -2.49. The van der Waals surface area contributed by atoms with Gasteiger partial charge in [0.2, 0.25) is 0 Å². The Bertz CT molecular complexity index is 444. The lowest BCUT2D eigenvalue weighted by molar-refractivity contribution is -0.141. The van der Waals surface area contributed by atoms with E-state index in [1.807, 2.05) is 0 Å². The number of hydrogen-bond acceptors (Lipinski definition) is 3. The van der Waals surface area contributed by atoms with Gasteiger partial charge >= 0.3 is 6.18 Å². The molecule has 1 aromatic heterocycles. The molecule has 7 heteroatoms. The van der Waals surface area contributed by atoms with Gasteiger partial charge in [-0.25, -0.2) is 4.98 Å². The van der Waals surface area contributed by atoms with Crippen LogP contribution < -0.4 is 5.73 Å². The Morgan fingerprint density at radius 1 is 1.41 bits per heavy atom. The van der Waals surface area contributed by atoms with E-state index in [1.54, 1.807) is 0 Å². The Kier molecular flexibility index (Phi) is 2.84. The summed E-state index contributed by atoms with van der Waals surface area (Å²) in [5, 5.41) is 9.72. The smallest absolute Gasteiger partial charge is 0.385 e. The van der Waals surface area contributed by atoms with E-state index in [0.717, 1.165) is 12.1 Å². The first-order chi connectivity index (χ1) is 7.72. The fraction of sp³-hybridized carbons (Fsp3) is 0.500. The van der Waals surface area contributed by atoms with Gasteiger partial charge in [-0.3, -0.25) is 0 Å². The van der Waals surface area contributed by atoms with E-state index >= 15 is 0 Å². The highest BCUT2D eigenvalue weighted by atomic mass is 35.5. The first-order valence-electron chi connectivity index (χ1n) is 4.94. The second-order valence-corrected chi connectivity index (χ2v) is 4.59. The summed E-state index contributed by atoms with van der Waals surface area (Å²) < 4.78 is 37.1. The van der Waals surface area contributed by atoms with E-state index < -0.39 is 17.5 Å². The Hall–Kier alpha value is -0.850. The number of hydrogen-bond donors (Lipinski definition) is 2. The van der Waals surface area contributed by atoms with Crippen LogP contribution in [0.3, 0.4) is 0 Å². The van der Waals surface area contributed by atoms with Crippen LogP contribution in [-0.2, 0) is 11.8 Å². The molecule has 0 atom stereocenters. The monoisotopic (exact) mass is 266 g/mol. The van der Waals surface area contributed by atoms with Crippen LogP contribution in [0, 0.1) is 0 Å². The van der Waals surface area contributed by atoms with Crippen molar-refractivity contribution in [3.63, 3.8) is 0 Å². The molecule has 0 spiro atoms. The van der Waals surface area contributed by atoms with E-state index in [9.17, 15) is 18.3 Å². The number of nitrogens with two attached hydrogens (primary N) is 1. The third kappa shape index (κ3) is 2.25. The number of halogens is 4. The van der Waals surface area contributed by atoms with Crippen molar-refractivity contribution in [3.05, 3.63) is 28.5 Å². The minimum atomic E-state index is -4.54. The molecule has 17 heavy (non-hydrogen) atoms. The third-order valence-corrected chi connectivity index (χ3v) is 3.13. The number of nitrogens with zero attached hydrogens (tertiary/aromatic N) is 1. The van der Waals surface area contributed by atoms with Gasteiger partial charge < -0.3 is 10.8 Å². The molecule has 1 saturated carbocycles. The first-order valence-corrected chi connectivity index (χ1v) is 5.32. The predicted octanol–water partition coefficient (Wildman–Crippen LogP) is 2.06. The van der Waals surface area contributed by atoms with Gasteiger partial charge in [-0.15, -0.1) is 0 Å². The molecule has 0 amide bonds. The highest BCUT2D eigenvalue weighted by Crippen LogP contribution is 2.43. The molecule has 2 rings (SSSR count). The Morgan fingerprint density at radius 3 is 2.41 bits per heavy atom. The summed E-state index contributed by atoms with van der Waals surface area (Å²) in [6.45, 7) is 0. The molecule has 1 aliphatic rings. The van der Waals surface area contributed by atoms with Crippen LogP contribution in [0.5, 0.6) is 0 Å². The second-order valence-electron chi connectivity index (χ2n) is 4.23. The van der Waals surface area contributed by atoms with Crippen LogP contribution in [0.1, 0.15) is 24.1 Å². The summed E-state index contributed by atoms with van der Waals surface area (Å²) in [5.74, 6) is 0. The van der Waals surface area contributed by atoms with Crippen LogP contribution in [0.15, 0.2) is 12.1 Å². The number of alkyl halides is 3. The van der Waals surface area contributed by atoms with Gasteiger partial charge in [-0.2, -0.15) is 13.2 Å². The highest BCUT2D eigenvalue weighted by molar-refractivity contribution is 6.30. The van der Waals surface area contributed by atoms with Crippen LogP contribution in [0.2, 0.25) is 5.15 Å². The van der Waals surface area contributed by atoms with E-state index in [4.69, 9.17) is 17.3 Å². The molecule has 1 aliphatic carbocycles. The second kappa shape index (κ2) is 3.83. The highest BCUT2D eigenvalue weighted by Gasteiger charge is 2.44. The van der Waals surface area contributed by atoms with Crippen LogP contribution in [0.25, 0.3) is 0 Å². The molecule has 0 aromatic carbocycles. The Labute approximate surface area is 100 Å². The van der Waals surface area contributed by atoms with Gasteiger partial charge in [-0.05, 0) is 18.9 Å². The fourth-order valence-electron chi connectivity index (χ4n) is 1.97. The van der Waals surface area contributed by atoms with Gasteiger partial charge in [0.15, 0.2) is 0 Å². The van der Waals surface area contributed by atoms with E-state index in [0.29, 0.717) is 0 Å². The molecular weight excluding hydrogens is 257 g/mol. The summed E-state index contributed by atoms with van der Waals surface area (Å²) in [6.07, 6.45) is -3.99. The van der Waals surface area contributed by atoms with Gasteiger partial charge in [0.1, 0.15) is 10.8 Å². The van der Waals surface area contributed by atoms with Crippen molar-refractivity contribution in [1.82, 2.24) is 4.98 Å². The third-order valence-electron chi connectivity index (χ3n) is 2.84. The molecule has 0 radical (unpaired) electrons. The molecule has 3 N–H and O–H groups in total. The van der Waals surface area contributed by atoms with Crippen molar-refractivity contribution in [1.29, 1.82) is 0 Å². The topological polar surface area (TPSA) is 59.1 Å². The molecule has 1 heterocycles. The standard InChI is InChI=1S/C10H10ClF3N2O/c11-8-6(9(17)3-5(15)4-9)1-2-7(16-8)10(12,13)14/h1-2,5,17H,3-4,15H2. The average molecular weight is 267 g/mol. The van der Waals surface area contributed by atoms with Gasteiger partial charge in [-0.1, -0.05) is 17.7 Å². The van der Waals surface area contributed by atoms with E-state index in [2.05, 4.69) is 4.98 Å². The maximum Gasteiger partial charge on any atom is 0.433 e. The Morgan fingerprint density at radius 2 is 2.00 bits per heavy atom. The molecule has 94 valence electrons. The van der Waals surface area contributed by atoms with Crippen LogP contribution in [-0.4, -0.2) is 16.1 Å². The molecule has 0 aliphatic heterocycles. The van der Waals surface area contributed by atoms with E-state index in [-0.39, 0.29) is 29.6 Å². The van der Waals surface area contributed by atoms with Crippen molar-refractivity contribution < 1.29 is 18.3 Å². The summed E-state index contributed by atoms with van der Waals surface area (Å²) in [4.78, 5) is 3.26. The summed E-state index contributed by atoms with van der Waals surface area (Å²) >= 11 is 5.67. The van der Waals surface area contributed by atoms with Crippen molar-refractivity contribution in [3.8, 4) is 0 Å². The number of aliphatic hydroxyl groups is 1. The first kappa shape index (κ1) is 12.6. The van der Waals surface area contributed by atoms with Gasteiger partial charge in [0, 0.05) is 11.6 Å². The fourth-order valence-corrected chi connectivity index (χ4v) is 2.30. The normalized spacial score (nSPS) is 28.9. The molecule has 1 aromatic rings. The Balaban J connectivity index is 2.33. The molecule has 1 fully saturated rings. The zero-order valence-corrected chi connectivity index (χ0v) is 9.39. The minimum Gasteiger partial charge on any atom is -0.385 e. The lowest BCUT2D eigenvalue weighted by Gasteiger charge is -2.42. The number of pyridine rings is 1. The number of aromatic nitrogens is 1. The lowest BCUT2D eigenvalue weighted by atomic mass is 9.72. The molecule has 0 saturated heterocycles. The molecular formula is C10H10ClF3N2O. The number of rotatable bonds is 1. The van der Waals surface area contributed by atoms with E-state index in [1.165, 1.54) is 0 Å². The molecule has 0 unspecified atom stereocenters. The SMILES string of the molecule is NC1CC(O)(c2ccc(C(F)(F)F)nc2Cl)C1. The summed E-state index contributed by atoms with van der Waals surface area (Å²) in [5.41, 5.74) is 3.43. The van der Waals surface area contributed by atoms with Crippen molar-refractivity contribution in [2.45, 2.75) is 30.7 Å². The minimum absolute atomic E-state index is 0.154. The van der Waals surface area contributed by atoms with Crippen molar-refractivity contribution in [2.75, 3.05) is 0 Å². The van der Waals surface area contributed by atoms with Crippen molar-refractivity contribution >= 4 is 11.6 Å². The predicted molar refractivity (Wildman–Crippen MR) is 55.4 cm³/mol. The average Bonchev–Trinajstić information content (AvgIpc) is 2.13. The maximum absolute atomic E-state index is 12.4. The zero-order chi connectivity index (χ0) is 12.8. The van der Waals surface area contributed by atoms with Crippen LogP contribution in [0.4, 0.5) is 13.2 Å². The zero-order valence-electron chi connectivity index (χ0n) is 8.63. The molecule has 0 bridgehead atoms. The summed E-state index contributed by atoms with van der Waals surface area (Å²) in [7, 11) is 0.